The van der Waals surface area contributed by atoms with Crippen LogP contribution in [0.25, 0.3) is 0 Å². The van der Waals surface area contributed by atoms with Gasteiger partial charge >= 0.3 is 0 Å². The Kier molecular flexibility index (Phi) is 5.28. The highest BCUT2D eigenvalue weighted by molar-refractivity contribution is 4.84. The van der Waals surface area contributed by atoms with E-state index in [2.05, 4.69) is 36.2 Å². The molecule has 0 aliphatic carbocycles. The summed E-state index contributed by atoms with van der Waals surface area (Å²) in [6, 6.07) is 0.414. The van der Waals surface area contributed by atoms with E-state index in [0.717, 1.165) is 13.0 Å². The van der Waals surface area contributed by atoms with E-state index >= 15 is 0 Å². The average Bonchev–Trinajstić information content (AvgIpc) is 2.63. The minimum absolute atomic E-state index is 0.414. The number of nitrogens with one attached hydrogen (secondary N) is 1. The van der Waals surface area contributed by atoms with Gasteiger partial charge in [-0.3, -0.25) is 0 Å². The van der Waals surface area contributed by atoms with Crippen molar-refractivity contribution in [3.05, 3.63) is 11.7 Å². The van der Waals surface area contributed by atoms with E-state index in [9.17, 15) is 0 Å². The van der Waals surface area contributed by atoms with Crippen molar-refractivity contribution in [2.75, 3.05) is 6.61 Å². The molecule has 0 amide bonds. The summed E-state index contributed by atoms with van der Waals surface area (Å²) in [5.74, 6) is 1.22. The first-order valence-corrected chi connectivity index (χ1v) is 5.35. The van der Waals surface area contributed by atoms with E-state index in [1.807, 2.05) is 0 Å². The predicted molar refractivity (Wildman–Crippen MR) is 56.2 cm³/mol. The van der Waals surface area contributed by atoms with Crippen molar-refractivity contribution in [3.63, 3.8) is 0 Å². The summed E-state index contributed by atoms with van der Waals surface area (Å²) in [6.45, 7) is 7.98. The number of nitrogens with zero attached hydrogens (tertiary/aromatic N) is 2. The lowest BCUT2D eigenvalue weighted by Crippen LogP contribution is -2.21. The number of rotatable bonds is 7. The lowest BCUT2D eigenvalue weighted by molar-refractivity contribution is 0.114. The van der Waals surface area contributed by atoms with Gasteiger partial charge in [0.15, 0.2) is 5.82 Å². The molecule has 0 radical (unpaired) electrons. The maximum Gasteiger partial charge on any atom is 0.240 e. The Morgan fingerprint density at radius 3 is 2.93 bits per heavy atom. The summed E-state index contributed by atoms with van der Waals surface area (Å²) in [7, 11) is 0. The molecule has 0 bridgehead atoms. The molecule has 1 rings (SSSR count). The highest BCUT2D eigenvalue weighted by Gasteiger charge is 2.06. The Labute approximate surface area is 90.2 Å². The van der Waals surface area contributed by atoms with Crippen LogP contribution >= 0.6 is 0 Å². The lowest BCUT2D eigenvalue weighted by Gasteiger charge is -2.02. The zero-order valence-electron chi connectivity index (χ0n) is 9.62. The maximum absolute atomic E-state index is 5.30. The van der Waals surface area contributed by atoms with Crippen molar-refractivity contribution in [2.24, 2.45) is 0 Å². The van der Waals surface area contributed by atoms with Crippen molar-refractivity contribution >= 4 is 0 Å². The largest absolute Gasteiger partial charge is 0.373 e. The summed E-state index contributed by atoms with van der Waals surface area (Å²) < 4.78 is 10.3. The van der Waals surface area contributed by atoms with E-state index in [4.69, 9.17) is 9.26 Å². The van der Waals surface area contributed by atoms with Gasteiger partial charge in [0.25, 0.3) is 0 Å². The summed E-state index contributed by atoms with van der Waals surface area (Å²) in [5.41, 5.74) is 0. The van der Waals surface area contributed by atoms with Crippen molar-refractivity contribution < 1.29 is 9.26 Å². The first kappa shape index (κ1) is 12.1. The van der Waals surface area contributed by atoms with Crippen LogP contribution in [0.4, 0.5) is 0 Å². The van der Waals surface area contributed by atoms with Crippen LogP contribution < -0.4 is 5.32 Å². The first-order valence-electron chi connectivity index (χ1n) is 5.35. The number of aromatic nitrogens is 2. The van der Waals surface area contributed by atoms with Crippen LogP contribution in [0.3, 0.4) is 0 Å². The zero-order chi connectivity index (χ0) is 11.1. The molecule has 0 atom stereocenters. The molecule has 1 heterocycles. The molecular formula is C10H19N3O2. The predicted octanol–water partition coefficient (Wildman–Crippen LogP) is 1.49. The minimum Gasteiger partial charge on any atom is -0.373 e. The Morgan fingerprint density at radius 2 is 2.27 bits per heavy atom. The Morgan fingerprint density at radius 1 is 1.47 bits per heavy atom. The van der Waals surface area contributed by atoms with Gasteiger partial charge in [0.05, 0.1) is 6.54 Å². The molecule has 0 aliphatic rings. The fraction of sp³-hybridized carbons (Fsp3) is 0.800. The van der Waals surface area contributed by atoms with Crippen molar-refractivity contribution in [1.29, 1.82) is 0 Å². The molecule has 0 spiro atoms. The summed E-state index contributed by atoms with van der Waals surface area (Å²) in [5, 5.41) is 7.02. The normalized spacial score (nSPS) is 11.2. The van der Waals surface area contributed by atoms with Gasteiger partial charge < -0.3 is 14.6 Å². The molecular weight excluding hydrogens is 194 g/mol. The van der Waals surface area contributed by atoms with Crippen LogP contribution in [0, 0.1) is 0 Å². The molecule has 1 aromatic heterocycles. The molecule has 0 unspecified atom stereocenters. The minimum atomic E-state index is 0.414. The Balaban J connectivity index is 2.29. The van der Waals surface area contributed by atoms with Crippen LogP contribution in [-0.2, 0) is 17.9 Å². The molecule has 1 N–H and O–H groups in total. The number of hydrogen-bond acceptors (Lipinski definition) is 5. The average molecular weight is 213 g/mol. The van der Waals surface area contributed by atoms with E-state index in [-0.39, 0.29) is 0 Å². The molecule has 1 aromatic rings. The third kappa shape index (κ3) is 4.90. The smallest absolute Gasteiger partial charge is 0.240 e. The number of hydrogen-bond donors (Lipinski definition) is 1. The fourth-order valence-electron chi connectivity index (χ4n) is 1.02. The monoisotopic (exact) mass is 213 g/mol. The molecule has 5 nitrogen and oxygen atoms in total. The van der Waals surface area contributed by atoms with E-state index in [1.54, 1.807) is 0 Å². The second kappa shape index (κ2) is 6.53. The maximum atomic E-state index is 5.30. The third-order valence-electron chi connectivity index (χ3n) is 1.75. The lowest BCUT2D eigenvalue weighted by atomic mass is 10.4. The molecule has 15 heavy (non-hydrogen) atoms. The molecule has 86 valence electrons. The van der Waals surface area contributed by atoms with Gasteiger partial charge in [0, 0.05) is 12.6 Å². The summed E-state index contributed by atoms with van der Waals surface area (Å²) in [6.07, 6.45) is 1.000. The standard InChI is InChI=1S/C10H19N3O2/c1-4-5-14-7-9-12-10(15-13-9)6-11-8(2)3/h8,11H,4-7H2,1-3H3. The second-order valence-electron chi connectivity index (χ2n) is 3.69. The molecule has 0 saturated heterocycles. The topological polar surface area (TPSA) is 60.2 Å². The van der Waals surface area contributed by atoms with Crippen molar-refractivity contribution in [1.82, 2.24) is 15.5 Å². The second-order valence-corrected chi connectivity index (χ2v) is 3.69. The Bertz CT molecular complexity index is 273. The van der Waals surface area contributed by atoms with Crippen LogP contribution in [-0.4, -0.2) is 22.8 Å². The van der Waals surface area contributed by atoms with Gasteiger partial charge in [0.2, 0.25) is 5.89 Å². The van der Waals surface area contributed by atoms with Crippen molar-refractivity contribution in [2.45, 2.75) is 46.4 Å². The third-order valence-corrected chi connectivity index (χ3v) is 1.75. The van der Waals surface area contributed by atoms with Crippen LogP contribution in [0.15, 0.2) is 4.52 Å². The molecule has 0 aliphatic heterocycles. The zero-order valence-corrected chi connectivity index (χ0v) is 9.62. The Hall–Kier alpha value is -0.940. The van der Waals surface area contributed by atoms with E-state index < -0.39 is 0 Å². The van der Waals surface area contributed by atoms with Gasteiger partial charge in [0.1, 0.15) is 6.61 Å². The molecule has 0 saturated carbocycles. The molecule has 0 fully saturated rings. The molecule has 0 aromatic carbocycles. The van der Waals surface area contributed by atoms with Gasteiger partial charge in [-0.1, -0.05) is 25.9 Å². The SMILES string of the molecule is CCCOCc1noc(CNC(C)C)n1. The van der Waals surface area contributed by atoms with Gasteiger partial charge in [-0.2, -0.15) is 4.98 Å². The van der Waals surface area contributed by atoms with E-state index in [0.29, 0.717) is 30.9 Å². The van der Waals surface area contributed by atoms with Gasteiger partial charge in [-0.25, -0.2) is 0 Å². The summed E-state index contributed by atoms with van der Waals surface area (Å²) in [4.78, 5) is 4.19. The highest BCUT2D eigenvalue weighted by Crippen LogP contribution is 1.99. The van der Waals surface area contributed by atoms with Crippen LogP contribution in [0.2, 0.25) is 0 Å². The van der Waals surface area contributed by atoms with Crippen LogP contribution in [0.1, 0.15) is 38.9 Å². The quantitative estimate of drug-likeness (QED) is 0.695. The van der Waals surface area contributed by atoms with Gasteiger partial charge in [-0.15, -0.1) is 0 Å². The molecule has 5 heteroatoms. The summed E-state index contributed by atoms with van der Waals surface area (Å²) >= 11 is 0. The fourth-order valence-corrected chi connectivity index (χ4v) is 1.02. The van der Waals surface area contributed by atoms with Crippen molar-refractivity contribution in [3.8, 4) is 0 Å². The number of ether oxygens (including phenoxy) is 1. The highest BCUT2D eigenvalue weighted by atomic mass is 16.5. The van der Waals surface area contributed by atoms with Crippen LogP contribution in [0.5, 0.6) is 0 Å². The van der Waals surface area contributed by atoms with Gasteiger partial charge in [-0.05, 0) is 6.42 Å². The first-order chi connectivity index (χ1) is 7.22. The van der Waals surface area contributed by atoms with E-state index in [1.165, 1.54) is 0 Å².